The number of rotatable bonds is 6. The Morgan fingerprint density at radius 1 is 1.25 bits per heavy atom. The summed E-state index contributed by atoms with van der Waals surface area (Å²) in [5.74, 6) is 0.728. The van der Waals surface area contributed by atoms with Gasteiger partial charge in [-0.15, -0.1) is 0 Å². The molecule has 5 nitrogen and oxygen atoms in total. The minimum Gasteiger partial charge on any atom is -0.490 e. The van der Waals surface area contributed by atoms with Crippen molar-refractivity contribution in [3.63, 3.8) is 0 Å². The van der Waals surface area contributed by atoms with Crippen LogP contribution in [0.15, 0.2) is 29.2 Å². The molecule has 1 aromatic rings. The van der Waals surface area contributed by atoms with E-state index in [2.05, 4.69) is 10.0 Å². The highest BCUT2D eigenvalue weighted by Gasteiger charge is 2.16. The maximum atomic E-state index is 11.9. The van der Waals surface area contributed by atoms with Gasteiger partial charge in [0.15, 0.2) is 0 Å². The zero-order valence-electron chi connectivity index (χ0n) is 11.8. The van der Waals surface area contributed by atoms with E-state index in [1.54, 1.807) is 24.3 Å². The van der Waals surface area contributed by atoms with Gasteiger partial charge in [0.2, 0.25) is 10.0 Å². The highest BCUT2D eigenvalue weighted by atomic mass is 32.2. The minimum absolute atomic E-state index is 0.219. The quantitative estimate of drug-likeness (QED) is 0.835. The Kier molecular flexibility index (Phi) is 5.39. The fourth-order valence-corrected chi connectivity index (χ4v) is 3.26. The summed E-state index contributed by atoms with van der Waals surface area (Å²) in [4.78, 5) is 0.281. The molecule has 0 saturated carbocycles. The highest BCUT2D eigenvalue weighted by molar-refractivity contribution is 7.89. The summed E-state index contributed by atoms with van der Waals surface area (Å²) in [7, 11) is -3.39. The van der Waals surface area contributed by atoms with Crippen LogP contribution in [0.3, 0.4) is 0 Å². The molecule has 1 heterocycles. The van der Waals surface area contributed by atoms with Gasteiger partial charge in [0.05, 0.1) is 4.90 Å². The molecular formula is C14H22N2O3S. The maximum Gasteiger partial charge on any atom is 0.240 e. The minimum atomic E-state index is -3.39. The van der Waals surface area contributed by atoms with Crippen molar-refractivity contribution >= 4 is 10.0 Å². The van der Waals surface area contributed by atoms with Crippen LogP contribution in [0.2, 0.25) is 0 Å². The molecule has 0 amide bonds. The van der Waals surface area contributed by atoms with Gasteiger partial charge in [0, 0.05) is 6.54 Å². The number of piperidine rings is 1. The average molecular weight is 298 g/mol. The first-order valence-electron chi connectivity index (χ1n) is 7.09. The Morgan fingerprint density at radius 3 is 2.50 bits per heavy atom. The molecule has 2 N–H and O–H groups in total. The largest absolute Gasteiger partial charge is 0.490 e. The summed E-state index contributed by atoms with van der Waals surface area (Å²) < 4.78 is 32.3. The zero-order chi connectivity index (χ0) is 14.4. The number of sulfonamides is 1. The summed E-state index contributed by atoms with van der Waals surface area (Å²) in [6, 6.07) is 6.63. The first-order valence-corrected chi connectivity index (χ1v) is 8.57. The van der Waals surface area contributed by atoms with Gasteiger partial charge in [-0.3, -0.25) is 0 Å². The van der Waals surface area contributed by atoms with Gasteiger partial charge in [-0.05, 0) is 56.6 Å². The van der Waals surface area contributed by atoms with Crippen molar-refractivity contribution in [3.05, 3.63) is 24.3 Å². The second-order valence-corrected chi connectivity index (χ2v) is 6.70. The van der Waals surface area contributed by atoms with Gasteiger partial charge < -0.3 is 10.1 Å². The lowest BCUT2D eigenvalue weighted by atomic mass is 10.1. The Hall–Kier alpha value is -1.11. The second kappa shape index (κ2) is 7.06. The molecule has 0 atom stereocenters. The van der Waals surface area contributed by atoms with Crippen molar-refractivity contribution in [3.8, 4) is 5.75 Å². The average Bonchev–Trinajstić information content (AvgIpc) is 2.47. The van der Waals surface area contributed by atoms with Crippen molar-refractivity contribution in [2.75, 3.05) is 19.6 Å². The summed E-state index contributed by atoms with van der Waals surface area (Å²) in [5.41, 5.74) is 0. The number of nitrogens with one attached hydrogen (secondary N) is 2. The molecule has 0 aromatic heterocycles. The molecule has 0 spiro atoms. The van der Waals surface area contributed by atoms with E-state index in [9.17, 15) is 8.42 Å². The normalized spacial score (nSPS) is 17.1. The van der Waals surface area contributed by atoms with Crippen LogP contribution < -0.4 is 14.8 Å². The van der Waals surface area contributed by atoms with E-state index in [0.717, 1.165) is 38.1 Å². The molecule has 0 unspecified atom stereocenters. The van der Waals surface area contributed by atoms with Crippen LogP contribution in [0, 0.1) is 0 Å². The smallest absolute Gasteiger partial charge is 0.240 e. The zero-order valence-corrected chi connectivity index (χ0v) is 12.6. The predicted octanol–water partition coefficient (Wildman–Crippen LogP) is 1.51. The molecule has 1 saturated heterocycles. The molecule has 1 aromatic carbocycles. The lowest BCUT2D eigenvalue weighted by molar-refractivity contribution is 0.162. The van der Waals surface area contributed by atoms with Gasteiger partial charge in [0.25, 0.3) is 0 Å². The predicted molar refractivity (Wildman–Crippen MR) is 78.4 cm³/mol. The van der Waals surface area contributed by atoms with Crippen LogP contribution in [-0.4, -0.2) is 34.2 Å². The summed E-state index contributed by atoms with van der Waals surface area (Å²) in [6.45, 7) is 4.32. The van der Waals surface area contributed by atoms with Crippen molar-refractivity contribution in [2.45, 2.75) is 37.2 Å². The topological polar surface area (TPSA) is 67.4 Å². The Bertz CT molecular complexity index is 508. The molecule has 20 heavy (non-hydrogen) atoms. The van der Waals surface area contributed by atoms with E-state index >= 15 is 0 Å². The molecule has 1 aliphatic heterocycles. The molecule has 1 fully saturated rings. The van der Waals surface area contributed by atoms with E-state index in [0.29, 0.717) is 6.54 Å². The fraction of sp³-hybridized carbons (Fsp3) is 0.571. The molecule has 0 aliphatic carbocycles. The van der Waals surface area contributed by atoms with Crippen LogP contribution in [0.4, 0.5) is 0 Å². The second-order valence-electron chi connectivity index (χ2n) is 4.94. The van der Waals surface area contributed by atoms with Gasteiger partial charge in [-0.25, -0.2) is 13.1 Å². The van der Waals surface area contributed by atoms with Crippen LogP contribution in [0.5, 0.6) is 5.75 Å². The van der Waals surface area contributed by atoms with Crippen molar-refractivity contribution < 1.29 is 13.2 Å². The summed E-state index contributed by atoms with van der Waals surface area (Å²) in [6.07, 6.45) is 2.96. The van der Waals surface area contributed by atoms with Gasteiger partial charge in [-0.1, -0.05) is 6.92 Å². The molecular weight excluding hydrogens is 276 g/mol. The number of benzene rings is 1. The van der Waals surface area contributed by atoms with Gasteiger partial charge in [-0.2, -0.15) is 0 Å². The lowest BCUT2D eigenvalue weighted by Crippen LogP contribution is -2.34. The monoisotopic (exact) mass is 298 g/mol. The third-order valence-corrected chi connectivity index (χ3v) is 4.74. The number of hydrogen-bond acceptors (Lipinski definition) is 4. The van der Waals surface area contributed by atoms with Crippen LogP contribution >= 0.6 is 0 Å². The van der Waals surface area contributed by atoms with Crippen molar-refractivity contribution in [2.24, 2.45) is 0 Å². The van der Waals surface area contributed by atoms with Crippen molar-refractivity contribution in [1.82, 2.24) is 10.0 Å². The third kappa shape index (κ3) is 4.19. The first-order chi connectivity index (χ1) is 9.62. The molecule has 0 radical (unpaired) electrons. The molecule has 1 aliphatic rings. The summed E-state index contributed by atoms with van der Waals surface area (Å²) >= 11 is 0. The van der Waals surface area contributed by atoms with Crippen LogP contribution in [0.1, 0.15) is 26.2 Å². The van der Waals surface area contributed by atoms with Crippen LogP contribution in [-0.2, 0) is 10.0 Å². The Labute approximate surface area is 120 Å². The van der Waals surface area contributed by atoms with E-state index in [1.165, 1.54) is 0 Å². The lowest BCUT2D eigenvalue weighted by Gasteiger charge is -2.23. The van der Waals surface area contributed by atoms with Gasteiger partial charge >= 0.3 is 0 Å². The molecule has 0 bridgehead atoms. The molecule has 112 valence electrons. The van der Waals surface area contributed by atoms with Crippen LogP contribution in [0.25, 0.3) is 0 Å². The standard InChI is InChI=1S/C14H22N2O3S/c1-2-9-16-20(17,18)14-5-3-12(4-6-14)19-13-7-10-15-11-8-13/h3-6,13,15-16H,2,7-11H2,1H3. The first kappa shape index (κ1) is 15.3. The maximum absolute atomic E-state index is 11.9. The Balaban J connectivity index is 1.98. The molecule has 2 rings (SSSR count). The van der Waals surface area contributed by atoms with Crippen molar-refractivity contribution in [1.29, 1.82) is 0 Å². The van der Waals surface area contributed by atoms with E-state index in [4.69, 9.17) is 4.74 Å². The number of ether oxygens (including phenoxy) is 1. The number of hydrogen-bond donors (Lipinski definition) is 2. The SMILES string of the molecule is CCCNS(=O)(=O)c1ccc(OC2CCNCC2)cc1. The van der Waals surface area contributed by atoms with E-state index in [1.807, 2.05) is 6.92 Å². The van der Waals surface area contributed by atoms with Gasteiger partial charge in [0.1, 0.15) is 11.9 Å². The summed E-state index contributed by atoms with van der Waals surface area (Å²) in [5, 5.41) is 3.28. The van der Waals surface area contributed by atoms with E-state index in [-0.39, 0.29) is 11.0 Å². The molecule has 6 heteroatoms. The fourth-order valence-electron chi connectivity index (χ4n) is 2.12. The third-order valence-electron chi connectivity index (χ3n) is 3.27. The van der Waals surface area contributed by atoms with E-state index < -0.39 is 10.0 Å². The Morgan fingerprint density at radius 2 is 1.90 bits per heavy atom. The highest BCUT2D eigenvalue weighted by Crippen LogP contribution is 2.19.